The molecule has 0 aromatic heterocycles. The zero-order valence-corrected chi connectivity index (χ0v) is 16.5. The molecule has 1 aliphatic heterocycles. The average Bonchev–Trinajstić information content (AvgIpc) is 2.66. The lowest BCUT2D eigenvalue weighted by atomic mass is 9.94. The first-order valence-corrected chi connectivity index (χ1v) is 9.60. The van der Waals surface area contributed by atoms with Crippen molar-refractivity contribution < 1.29 is 24.3 Å². The van der Waals surface area contributed by atoms with Crippen molar-refractivity contribution in [2.75, 3.05) is 6.54 Å². The van der Waals surface area contributed by atoms with Gasteiger partial charge in [-0.15, -0.1) is 0 Å². The lowest BCUT2D eigenvalue weighted by Gasteiger charge is -2.28. The number of nitrogens with zero attached hydrogens (tertiary/aromatic N) is 1. The second-order valence-electron chi connectivity index (χ2n) is 7.90. The van der Waals surface area contributed by atoms with Crippen molar-refractivity contribution in [3.05, 3.63) is 47.5 Å². The number of carboxylic acid groups (broad SMARTS) is 1. The number of carbonyl (C=O) groups excluding carboxylic acids is 3. The van der Waals surface area contributed by atoms with E-state index < -0.39 is 11.5 Å². The Bertz CT molecular complexity index is 945. The third-order valence-corrected chi connectivity index (χ3v) is 5.08. The molecule has 0 bridgehead atoms. The van der Waals surface area contributed by atoms with E-state index in [9.17, 15) is 19.2 Å². The molecule has 0 saturated heterocycles. The lowest BCUT2D eigenvalue weighted by molar-refractivity contribution is -0.137. The second kappa shape index (κ2) is 8.03. The molecular weight excluding hydrogens is 372 g/mol. The fourth-order valence-corrected chi connectivity index (χ4v) is 3.60. The first kappa shape index (κ1) is 20.5. The summed E-state index contributed by atoms with van der Waals surface area (Å²) in [5.74, 6) is -1.84. The van der Waals surface area contributed by atoms with E-state index in [0.29, 0.717) is 29.4 Å². The number of rotatable bonds is 8. The van der Waals surface area contributed by atoms with Gasteiger partial charge in [0.1, 0.15) is 0 Å². The summed E-state index contributed by atoms with van der Waals surface area (Å²) in [6.07, 6.45) is 0.753. The van der Waals surface area contributed by atoms with Crippen molar-refractivity contribution in [1.82, 2.24) is 10.2 Å². The van der Waals surface area contributed by atoms with Gasteiger partial charge in [-0.05, 0) is 44.2 Å². The molecule has 152 valence electrons. The molecule has 1 aliphatic rings. The zero-order chi connectivity index (χ0) is 21.2. The minimum Gasteiger partial charge on any atom is -0.481 e. The number of carboxylic acids is 1. The first-order valence-electron chi connectivity index (χ1n) is 9.60. The molecule has 2 aromatic carbocycles. The summed E-state index contributed by atoms with van der Waals surface area (Å²) in [6.45, 7) is 3.68. The lowest BCUT2D eigenvalue weighted by Crippen LogP contribution is -2.44. The minimum absolute atomic E-state index is 0.0327. The molecular formula is C22H24N2O5. The van der Waals surface area contributed by atoms with Gasteiger partial charge in [0.2, 0.25) is 5.91 Å². The Labute approximate surface area is 168 Å². The number of hydrogen-bond acceptors (Lipinski definition) is 4. The molecule has 0 saturated carbocycles. The molecule has 3 rings (SSSR count). The Morgan fingerprint density at radius 2 is 1.59 bits per heavy atom. The molecule has 7 nitrogen and oxygen atoms in total. The Hall–Kier alpha value is -3.22. The quantitative estimate of drug-likeness (QED) is 0.668. The number of imide groups is 1. The second-order valence-corrected chi connectivity index (χ2v) is 7.90. The Kier molecular flexibility index (Phi) is 5.68. The number of benzene rings is 2. The topological polar surface area (TPSA) is 104 Å². The van der Waals surface area contributed by atoms with Crippen LogP contribution in [0.25, 0.3) is 10.8 Å². The summed E-state index contributed by atoms with van der Waals surface area (Å²) >= 11 is 0. The molecule has 0 aliphatic carbocycles. The SMILES string of the molecule is CC(C)(CCC(=O)O)NC(=O)CCCN1C(=O)c2cccc3cccc(c23)C1=O. The molecule has 2 aromatic rings. The highest BCUT2D eigenvalue weighted by Crippen LogP contribution is 2.30. The van der Waals surface area contributed by atoms with Crippen molar-refractivity contribution in [2.24, 2.45) is 0 Å². The molecule has 0 spiro atoms. The highest BCUT2D eigenvalue weighted by Gasteiger charge is 2.32. The van der Waals surface area contributed by atoms with E-state index in [1.807, 2.05) is 12.1 Å². The van der Waals surface area contributed by atoms with E-state index in [1.54, 1.807) is 38.1 Å². The Morgan fingerprint density at radius 3 is 2.14 bits per heavy atom. The van der Waals surface area contributed by atoms with Crippen LogP contribution in [-0.4, -0.2) is 45.8 Å². The van der Waals surface area contributed by atoms with Crippen LogP contribution < -0.4 is 5.32 Å². The molecule has 0 unspecified atom stereocenters. The number of amides is 3. The number of nitrogens with one attached hydrogen (secondary N) is 1. The molecule has 29 heavy (non-hydrogen) atoms. The molecule has 0 fully saturated rings. The summed E-state index contributed by atoms with van der Waals surface area (Å²) in [5.41, 5.74) is 0.356. The third kappa shape index (κ3) is 4.45. The van der Waals surface area contributed by atoms with E-state index in [1.165, 1.54) is 4.90 Å². The van der Waals surface area contributed by atoms with Crippen molar-refractivity contribution in [3.63, 3.8) is 0 Å². The largest absolute Gasteiger partial charge is 0.481 e. The molecule has 0 atom stereocenters. The van der Waals surface area contributed by atoms with Gasteiger partial charge >= 0.3 is 5.97 Å². The zero-order valence-electron chi connectivity index (χ0n) is 16.5. The van der Waals surface area contributed by atoms with Crippen LogP contribution in [0.15, 0.2) is 36.4 Å². The Balaban J connectivity index is 1.62. The van der Waals surface area contributed by atoms with Crippen LogP contribution in [0.4, 0.5) is 0 Å². The van der Waals surface area contributed by atoms with E-state index in [2.05, 4.69) is 5.32 Å². The van der Waals surface area contributed by atoms with Crippen LogP contribution in [0.2, 0.25) is 0 Å². The molecule has 0 radical (unpaired) electrons. The monoisotopic (exact) mass is 396 g/mol. The predicted molar refractivity (Wildman–Crippen MR) is 108 cm³/mol. The first-order chi connectivity index (χ1) is 13.7. The third-order valence-electron chi connectivity index (χ3n) is 5.08. The number of carbonyl (C=O) groups is 4. The molecule has 2 N–H and O–H groups in total. The van der Waals surface area contributed by atoms with Gasteiger partial charge in [-0.2, -0.15) is 0 Å². The Morgan fingerprint density at radius 1 is 1.00 bits per heavy atom. The van der Waals surface area contributed by atoms with Gasteiger partial charge in [-0.1, -0.05) is 24.3 Å². The van der Waals surface area contributed by atoms with Gasteiger partial charge in [0.25, 0.3) is 11.8 Å². The smallest absolute Gasteiger partial charge is 0.303 e. The summed E-state index contributed by atoms with van der Waals surface area (Å²) in [6, 6.07) is 10.8. The fourth-order valence-electron chi connectivity index (χ4n) is 3.60. The van der Waals surface area contributed by atoms with Gasteiger partial charge < -0.3 is 10.4 Å². The van der Waals surface area contributed by atoms with Crippen LogP contribution >= 0.6 is 0 Å². The predicted octanol–water partition coefficient (Wildman–Crippen LogP) is 2.98. The molecule has 1 heterocycles. The van der Waals surface area contributed by atoms with Gasteiger partial charge in [-0.25, -0.2) is 0 Å². The van der Waals surface area contributed by atoms with Crippen molar-refractivity contribution >= 4 is 34.5 Å². The minimum atomic E-state index is -0.912. The van der Waals surface area contributed by atoms with Crippen molar-refractivity contribution in [2.45, 2.75) is 45.1 Å². The summed E-state index contributed by atoms with van der Waals surface area (Å²) in [5, 5.41) is 13.1. The highest BCUT2D eigenvalue weighted by atomic mass is 16.4. The van der Waals surface area contributed by atoms with E-state index in [-0.39, 0.29) is 37.1 Å². The highest BCUT2D eigenvalue weighted by molar-refractivity contribution is 6.25. The standard InChI is InChI=1S/C22H24N2O5/c1-22(2,12-11-18(26)27)23-17(25)10-5-13-24-20(28)15-8-3-6-14-7-4-9-16(19(14)15)21(24)29/h3-4,6-9H,5,10-13H2,1-2H3,(H,23,25)(H,26,27). The summed E-state index contributed by atoms with van der Waals surface area (Å²) in [7, 11) is 0. The van der Waals surface area contributed by atoms with Crippen LogP contribution in [0, 0.1) is 0 Å². The molecule has 3 amide bonds. The van der Waals surface area contributed by atoms with Crippen LogP contribution in [0.1, 0.15) is 60.2 Å². The average molecular weight is 396 g/mol. The van der Waals surface area contributed by atoms with Gasteiger partial charge in [-0.3, -0.25) is 24.1 Å². The maximum atomic E-state index is 12.8. The van der Waals surface area contributed by atoms with Gasteiger partial charge in [0.15, 0.2) is 0 Å². The van der Waals surface area contributed by atoms with E-state index >= 15 is 0 Å². The number of hydrogen-bond donors (Lipinski definition) is 2. The van der Waals surface area contributed by atoms with E-state index in [0.717, 1.165) is 5.39 Å². The van der Waals surface area contributed by atoms with Gasteiger partial charge in [0.05, 0.1) is 0 Å². The van der Waals surface area contributed by atoms with Gasteiger partial charge in [0, 0.05) is 41.4 Å². The number of aliphatic carboxylic acids is 1. The van der Waals surface area contributed by atoms with Crippen molar-refractivity contribution in [3.8, 4) is 0 Å². The summed E-state index contributed by atoms with van der Waals surface area (Å²) < 4.78 is 0. The molecule has 7 heteroatoms. The van der Waals surface area contributed by atoms with Crippen molar-refractivity contribution in [1.29, 1.82) is 0 Å². The fraction of sp³-hybridized carbons (Fsp3) is 0.364. The van der Waals surface area contributed by atoms with Crippen LogP contribution in [0.3, 0.4) is 0 Å². The normalized spacial score (nSPS) is 13.7. The summed E-state index contributed by atoms with van der Waals surface area (Å²) in [4.78, 5) is 49.8. The van der Waals surface area contributed by atoms with E-state index in [4.69, 9.17) is 5.11 Å². The maximum absolute atomic E-state index is 12.8. The van der Waals surface area contributed by atoms with Crippen LogP contribution in [-0.2, 0) is 9.59 Å². The maximum Gasteiger partial charge on any atom is 0.303 e. The van der Waals surface area contributed by atoms with Crippen LogP contribution in [0.5, 0.6) is 0 Å².